The Labute approximate surface area is 141 Å². The molecule has 2 aromatic carbocycles. The molecule has 0 bridgehead atoms. The van der Waals surface area contributed by atoms with Crippen LogP contribution in [0.15, 0.2) is 53.7 Å². The summed E-state index contributed by atoms with van der Waals surface area (Å²) in [5.41, 5.74) is 2.41. The SMILES string of the molecule is Cn1c(SCC(=O)Nc2ccc([N+](=O)[O-])cc2)nc2ccccc21. The summed E-state index contributed by atoms with van der Waals surface area (Å²) in [4.78, 5) is 26.6. The lowest BCUT2D eigenvalue weighted by Crippen LogP contribution is -2.14. The van der Waals surface area contributed by atoms with Crippen molar-refractivity contribution in [2.24, 2.45) is 7.05 Å². The molecule has 3 aromatic rings. The second-order valence-corrected chi connectivity index (χ2v) is 6.03. The van der Waals surface area contributed by atoms with Crippen LogP contribution in [0.25, 0.3) is 11.0 Å². The number of anilines is 1. The highest BCUT2D eigenvalue weighted by molar-refractivity contribution is 7.99. The van der Waals surface area contributed by atoms with Gasteiger partial charge in [0.2, 0.25) is 5.91 Å². The van der Waals surface area contributed by atoms with Crippen LogP contribution in [-0.2, 0) is 11.8 Å². The topological polar surface area (TPSA) is 90.1 Å². The van der Waals surface area contributed by atoms with E-state index in [-0.39, 0.29) is 17.3 Å². The standard InChI is InChI=1S/C16H14N4O3S/c1-19-14-5-3-2-4-13(14)18-16(19)24-10-15(21)17-11-6-8-12(9-7-11)20(22)23/h2-9H,10H2,1H3,(H,17,21). The third-order valence-corrected chi connectivity index (χ3v) is 4.47. The van der Waals surface area contributed by atoms with Gasteiger partial charge in [-0.25, -0.2) is 4.98 Å². The molecule has 8 heteroatoms. The van der Waals surface area contributed by atoms with Crippen LogP contribution in [-0.4, -0.2) is 26.1 Å². The van der Waals surface area contributed by atoms with E-state index in [1.807, 2.05) is 35.9 Å². The second-order valence-electron chi connectivity index (χ2n) is 5.08. The normalized spacial score (nSPS) is 10.7. The lowest BCUT2D eigenvalue weighted by atomic mass is 10.3. The zero-order chi connectivity index (χ0) is 17.1. The molecule has 0 unspecified atom stereocenters. The molecular weight excluding hydrogens is 328 g/mol. The molecule has 1 aromatic heterocycles. The van der Waals surface area contributed by atoms with Crippen LogP contribution in [0.1, 0.15) is 0 Å². The van der Waals surface area contributed by atoms with E-state index in [0.717, 1.165) is 16.2 Å². The van der Waals surface area contributed by atoms with Crippen molar-refractivity contribution in [3.8, 4) is 0 Å². The van der Waals surface area contributed by atoms with E-state index in [9.17, 15) is 14.9 Å². The number of nitrogens with one attached hydrogen (secondary N) is 1. The Balaban J connectivity index is 1.62. The molecule has 0 saturated carbocycles. The maximum Gasteiger partial charge on any atom is 0.269 e. The number of imidazole rings is 1. The molecule has 1 N–H and O–H groups in total. The zero-order valence-corrected chi connectivity index (χ0v) is 13.6. The van der Waals surface area contributed by atoms with Gasteiger partial charge >= 0.3 is 0 Å². The Morgan fingerprint density at radius 2 is 1.96 bits per heavy atom. The maximum atomic E-state index is 12.0. The molecule has 0 radical (unpaired) electrons. The van der Waals surface area contributed by atoms with Crippen LogP contribution in [0.5, 0.6) is 0 Å². The number of rotatable bonds is 5. The smallest absolute Gasteiger partial charge is 0.269 e. The largest absolute Gasteiger partial charge is 0.325 e. The Kier molecular flexibility index (Phi) is 4.48. The molecule has 0 saturated heterocycles. The van der Waals surface area contributed by atoms with E-state index in [4.69, 9.17) is 0 Å². The van der Waals surface area contributed by atoms with Gasteiger partial charge in [-0.1, -0.05) is 23.9 Å². The molecule has 0 atom stereocenters. The third kappa shape index (κ3) is 3.38. The van der Waals surface area contributed by atoms with Gasteiger partial charge in [-0.2, -0.15) is 0 Å². The van der Waals surface area contributed by atoms with Gasteiger partial charge in [0.05, 0.1) is 21.7 Å². The minimum absolute atomic E-state index is 0.0120. The number of nitro groups is 1. The van der Waals surface area contributed by atoms with Crippen molar-refractivity contribution in [1.82, 2.24) is 9.55 Å². The summed E-state index contributed by atoms with van der Waals surface area (Å²) < 4.78 is 1.94. The summed E-state index contributed by atoms with van der Waals surface area (Å²) in [7, 11) is 1.91. The van der Waals surface area contributed by atoms with E-state index in [0.29, 0.717) is 5.69 Å². The summed E-state index contributed by atoms with van der Waals surface area (Å²) in [6.07, 6.45) is 0. The van der Waals surface area contributed by atoms with E-state index < -0.39 is 4.92 Å². The highest BCUT2D eigenvalue weighted by atomic mass is 32.2. The van der Waals surface area contributed by atoms with Gasteiger partial charge in [0.1, 0.15) is 0 Å². The number of fused-ring (bicyclic) bond motifs is 1. The second kappa shape index (κ2) is 6.71. The fraction of sp³-hybridized carbons (Fsp3) is 0.125. The Bertz CT molecular complexity index is 905. The van der Waals surface area contributed by atoms with Crippen molar-refractivity contribution in [3.63, 3.8) is 0 Å². The first-order valence-electron chi connectivity index (χ1n) is 7.13. The Morgan fingerprint density at radius 3 is 2.62 bits per heavy atom. The van der Waals surface area contributed by atoms with Crippen LogP contribution in [0.3, 0.4) is 0 Å². The average molecular weight is 342 g/mol. The third-order valence-electron chi connectivity index (χ3n) is 3.44. The molecule has 0 spiro atoms. The highest BCUT2D eigenvalue weighted by Gasteiger charge is 2.11. The number of para-hydroxylation sites is 2. The molecule has 122 valence electrons. The first-order valence-corrected chi connectivity index (χ1v) is 8.12. The summed E-state index contributed by atoms with van der Waals surface area (Å²) in [6, 6.07) is 13.5. The van der Waals surface area contributed by atoms with Gasteiger partial charge in [0.15, 0.2) is 5.16 Å². The number of thioether (sulfide) groups is 1. The number of hydrogen-bond donors (Lipinski definition) is 1. The maximum absolute atomic E-state index is 12.0. The summed E-state index contributed by atoms with van der Waals surface area (Å²) in [5.74, 6) is 0.00893. The lowest BCUT2D eigenvalue weighted by molar-refractivity contribution is -0.384. The van der Waals surface area contributed by atoms with Crippen LogP contribution in [0.4, 0.5) is 11.4 Å². The quantitative estimate of drug-likeness (QED) is 0.437. The van der Waals surface area contributed by atoms with Crippen molar-refractivity contribution in [3.05, 3.63) is 58.6 Å². The lowest BCUT2D eigenvalue weighted by Gasteiger charge is -2.05. The molecular formula is C16H14N4O3S. The number of amides is 1. The minimum Gasteiger partial charge on any atom is -0.325 e. The number of carbonyl (C=O) groups is 1. The number of carbonyl (C=O) groups excluding carboxylic acids is 1. The van der Waals surface area contributed by atoms with Gasteiger partial charge in [-0.3, -0.25) is 14.9 Å². The molecule has 0 aliphatic rings. The summed E-state index contributed by atoms with van der Waals surface area (Å²) in [5, 5.41) is 14.1. The molecule has 3 rings (SSSR count). The van der Waals surface area contributed by atoms with Gasteiger partial charge < -0.3 is 9.88 Å². The number of benzene rings is 2. The zero-order valence-electron chi connectivity index (χ0n) is 12.8. The van der Waals surface area contributed by atoms with E-state index in [1.165, 1.54) is 36.0 Å². The van der Waals surface area contributed by atoms with Crippen molar-refractivity contribution in [2.45, 2.75) is 5.16 Å². The monoisotopic (exact) mass is 342 g/mol. The van der Waals surface area contributed by atoms with Crippen molar-refractivity contribution < 1.29 is 9.72 Å². The van der Waals surface area contributed by atoms with E-state index in [1.54, 1.807) is 0 Å². The molecule has 24 heavy (non-hydrogen) atoms. The van der Waals surface area contributed by atoms with Crippen molar-refractivity contribution in [1.29, 1.82) is 0 Å². The molecule has 0 aliphatic carbocycles. The summed E-state index contributed by atoms with van der Waals surface area (Å²) >= 11 is 1.34. The van der Waals surface area contributed by atoms with Gasteiger partial charge in [-0.05, 0) is 24.3 Å². The highest BCUT2D eigenvalue weighted by Crippen LogP contribution is 2.23. The van der Waals surface area contributed by atoms with Crippen molar-refractivity contribution >= 4 is 40.1 Å². The van der Waals surface area contributed by atoms with Crippen LogP contribution in [0.2, 0.25) is 0 Å². The van der Waals surface area contributed by atoms with Crippen LogP contribution < -0.4 is 5.32 Å². The number of nitrogens with zero attached hydrogens (tertiary/aromatic N) is 3. The number of aryl methyl sites for hydroxylation is 1. The average Bonchev–Trinajstić information content (AvgIpc) is 2.90. The van der Waals surface area contributed by atoms with Crippen LogP contribution in [0, 0.1) is 10.1 Å². The number of hydrogen-bond acceptors (Lipinski definition) is 5. The van der Waals surface area contributed by atoms with Gasteiger partial charge in [-0.15, -0.1) is 0 Å². The molecule has 1 heterocycles. The summed E-state index contributed by atoms with van der Waals surface area (Å²) in [6.45, 7) is 0. The Hall–Kier alpha value is -2.87. The minimum atomic E-state index is -0.479. The number of non-ortho nitro benzene ring substituents is 1. The van der Waals surface area contributed by atoms with E-state index >= 15 is 0 Å². The van der Waals surface area contributed by atoms with Gasteiger partial charge in [0, 0.05) is 24.9 Å². The molecule has 0 aliphatic heterocycles. The fourth-order valence-electron chi connectivity index (χ4n) is 2.25. The predicted molar refractivity (Wildman–Crippen MR) is 93.2 cm³/mol. The van der Waals surface area contributed by atoms with Gasteiger partial charge in [0.25, 0.3) is 5.69 Å². The predicted octanol–water partition coefficient (Wildman–Crippen LogP) is 3.21. The number of nitro benzene ring substituents is 1. The molecule has 0 fully saturated rings. The van der Waals surface area contributed by atoms with Crippen molar-refractivity contribution in [2.75, 3.05) is 11.1 Å². The fourth-order valence-corrected chi connectivity index (χ4v) is 3.03. The first kappa shape index (κ1) is 16.0. The molecule has 7 nitrogen and oxygen atoms in total. The Morgan fingerprint density at radius 1 is 1.25 bits per heavy atom. The first-order chi connectivity index (χ1) is 11.5. The molecule has 1 amide bonds. The number of aromatic nitrogens is 2. The van der Waals surface area contributed by atoms with E-state index in [2.05, 4.69) is 10.3 Å². The van der Waals surface area contributed by atoms with Crippen LogP contribution >= 0.6 is 11.8 Å².